The number of aliphatic imine (C=N–C) groups is 1. The molecule has 1 N–H and O–H groups in total. The quantitative estimate of drug-likeness (QED) is 0.501. The summed E-state index contributed by atoms with van der Waals surface area (Å²) in [5.41, 5.74) is 1.13. The van der Waals surface area contributed by atoms with Crippen LogP contribution in [-0.2, 0) is 6.54 Å². The van der Waals surface area contributed by atoms with E-state index >= 15 is 0 Å². The molecule has 1 heterocycles. The second kappa shape index (κ2) is 8.07. The number of nitrogens with one attached hydrogen (secondary N) is 1. The summed E-state index contributed by atoms with van der Waals surface area (Å²) in [5.74, 6) is 0.636. The molecule has 0 saturated carbocycles. The van der Waals surface area contributed by atoms with Gasteiger partial charge in [0, 0.05) is 13.1 Å². The molecule has 1 aromatic rings. The van der Waals surface area contributed by atoms with Crippen LogP contribution in [0.25, 0.3) is 0 Å². The predicted octanol–water partition coefficient (Wildman–Crippen LogP) is 2.70. The summed E-state index contributed by atoms with van der Waals surface area (Å²) in [4.78, 5) is 17.6. The number of carbonyl (C=O) groups excluding carboxylic acids is 1. The molecule has 0 spiro atoms. The standard InChI is InChI=1S/C13H17N3OS.ClH/c17-13(18)15-12(16-8-4-5-9-16)14-10-11-6-2-1-3-7-11;/h1-3,6-7H,4-5,8-10H2,(H2,14,15,17,18);1H. The molecule has 104 valence electrons. The summed E-state index contributed by atoms with van der Waals surface area (Å²) in [5, 5.41) is 2.33. The van der Waals surface area contributed by atoms with Gasteiger partial charge in [0.2, 0.25) is 5.96 Å². The molecule has 1 saturated heterocycles. The van der Waals surface area contributed by atoms with Crippen molar-refractivity contribution in [2.24, 2.45) is 4.99 Å². The number of likely N-dealkylation sites (tertiary alicyclic amines) is 1. The van der Waals surface area contributed by atoms with Crippen molar-refractivity contribution in [3.63, 3.8) is 0 Å². The van der Waals surface area contributed by atoms with E-state index in [1.165, 1.54) is 0 Å². The number of nitrogens with zero attached hydrogens (tertiary/aromatic N) is 2. The molecular formula is C13H18ClN3OS. The monoisotopic (exact) mass is 299 g/mol. The number of benzene rings is 1. The van der Waals surface area contributed by atoms with E-state index in [9.17, 15) is 4.79 Å². The van der Waals surface area contributed by atoms with Gasteiger partial charge in [0.15, 0.2) is 0 Å². The van der Waals surface area contributed by atoms with E-state index in [-0.39, 0.29) is 17.6 Å². The second-order valence-corrected chi connectivity index (χ2v) is 4.66. The maximum absolute atomic E-state index is 11.1. The van der Waals surface area contributed by atoms with Gasteiger partial charge in [-0.2, -0.15) is 0 Å². The molecule has 6 heteroatoms. The van der Waals surface area contributed by atoms with Crippen LogP contribution in [0.15, 0.2) is 35.3 Å². The van der Waals surface area contributed by atoms with Crippen LogP contribution >= 0.6 is 25.0 Å². The first-order valence-electron chi connectivity index (χ1n) is 6.09. The molecule has 19 heavy (non-hydrogen) atoms. The molecule has 1 amide bonds. The zero-order valence-corrected chi connectivity index (χ0v) is 12.3. The fourth-order valence-corrected chi connectivity index (χ4v) is 2.09. The highest BCUT2D eigenvalue weighted by Gasteiger charge is 2.17. The minimum atomic E-state index is -0.367. The van der Waals surface area contributed by atoms with Crippen molar-refractivity contribution >= 4 is 36.2 Å². The van der Waals surface area contributed by atoms with Crippen LogP contribution in [-0.4, -0.2) is 29.2 Å². The first-order valence-corrected chi connectivity index (χ1v) is 6.54. The number of rotatable bonds is 2. The van der Waals surface area contributed by atoms with Crippen molar-refractivity contribution in [3.05, 3.63) is 35.9 Å². The lowest BCUT2D eigenvalue weighted by atomic mass is 10.2. The molecule has 0 atom stereocenters. The molecule has 0 aromatic heterocycles. The SMILES string of the molecule is Cl.O=C(S)N/C(=N/Cc1ccccc1)N1CCCC1. The van der Waals surface area contributed by atoms with E-state index < -0.39 is 0 Å². The predicted molar refractivity (Wildman–Crippen MR) is 83.2 cm³/mol. The lowest BCUT2D eigenvalue weighted by Gasteiger charge is -2.19. The van der Waals surface area contributed by atoms with Gasteiger partial charge in [-0.3, -0.25) is 10.1 Å². The number of hydrogen-bond acceptors (Lipinski definition) is 2. The van der Waals surface area contributed by atoms with Crippen molar-refractivity contribution in [2.75, 3.05) is 13.1 Å². The van der Waals surface area contributed by atoms with E-state index in [1.807, 2.05) is 30.3 Å². The Hall–Kier alpha value is -1.20. The normalized spacial score (nSPS) is 15.0. The average molecular weight is 300 g/mol. The molecule has 1 fully saturated rings. The largest absolute Gasteiger partial charge is 0.343 e. The molecule has 4 nitrogen and oxygen atoms in total. The van der Waals surface area contributed by atoms with Gasteiger partial charge >= 0.3 is 0 Å². The van der Waals surface area contributed by atoms with Crippen molar-refractivity contribution in [2.45, 2.75) is 19.4 Å². The molecular weight excluding hydrogens is 282 g/mol. The Kier molecular flexibility index (Phi) is 6.73. The first kappa shape index (κ1) is 15.9. The summed E-state index contributed by atoms with van der Waals surface area (Å²) >= 11 is 3.75. The van der Waals surface area contributed by atoms with Gasteiger partial charge in [0.05, 0.1) is 6.54 Å². The highest BCUT2D eigenvalue weighted by atomic mass is 35.5. The van der Waals surface area contributed by atoms with Crippen LogP contribution in [0.1, 0.15) is 18.4 Å². The third kappa shape index (κ3) is 5.12. The second-order valence-electron chi connectivity index (χ2n) is 4.25. The van der Waals surface area contributed by atoms with E-state index in [4.69, 9.17) is 0 Å². The molecule has 2 rings (SSSR count). The van der Waals surface area contributed by atoms with Crippen LogP contribution in [0.5, 0.6) is 0 Å². The third-order valence-electron chi connectivity index (χ3n) is 2.88. The lowest BCUT2D eigenvalue weighted by Crippen LogP contribution is -2.40. The lowest BCUT2D eigenvalue weighted by molar-refractivity contribution is 0.263. The number of hydrogen-bond donors (Lipinski definition) is 2. The van der Waals surface area contributed by atoms with Gasteiger partial charge in [-0.15, -0.1) is 12.4 Å². The fraction of sp³-hybridized carbons (Fsp3) is 0.385. The Morgan fingerprint density at radius 1 is 1.26 bits per heavy atom. The van der Waals surface area contributed by atoms with Crippen molar-refractivity contribution < 1.29 is 4.79 Å². The number of thiol groups is 1. The smallest absolute Gasteiger partial charge is 0.282 e. The van der Waals surface area contributed by atoms with E-state index in [1.54, 1.807) is 0 Å². The van der Waals surface area contributed by atoms with Gasteiger partial charge in [-0.1, -0.05) is 43.0 Å². The van der Waals surface area contributed by atoms with Crippen molar-refractivity contribution in [3.8, 4) is 0 Å². The highest BCUT2D eigenvalue weighted by Crippen LogP contribution is 2.09. The summed E-state index contributed by atoms with van der Waals surface area (Å²) in [6, 6.07) is 9.99. The topological polar surface area (TPSA) is 44.7 Å². The summed E-state index contributed by atoms with van der Waals surface area (Å²) in [6.07, 6.45) is 2.29. The van der Waals surface area contributed by atoms with E-state index in [0.29, 0.717) is 12.5 Å². The van der Waals surface area contributed by atoms with Crippen LogP contribution in [0, 0.1) is 0 Å². The van der Waals surface area contributed by atoms with Crippen molar-refractivity contribution in [1.29, 1.82) is 0 Å². The molecule has 0 radical (unpaired) electrons. The first-order chi connectivity index (χ1) is 8.75. The molecule has 1 aliphatic heterocycles. The van der Waals surface area contributed by atoms with Gasteiger partial charge in [0.25, 0.3) is 5.24 Å². The number of halogens is 1. The Morgan fingerprint density at radius 3 is 2.47 bits per heavy atom. The summed E-state index contributed by atoms with van der Waals surface area (Å²) < 4.78 is 0. The molecule has 0 bridgehead atoms. The maximum atomic E-state index is 11.1. The van der Waals surface area contributed by atoms with E-state index in [2.05, 4.69) is 27.8 Å². The Balaban J connectivity index is 0.00000180. The zero-order valence-electron chi connectivity index (χ0n) is 10.6. The summed E-state index contributed by atoms with van der Waals surface area (Å²) in [6.45, 7) is 2.46. The third-order valence-corrected chi connectivity index (χ3v) is 2.99. The van der Waals surface area contributed by atoms with Crippen LogP contribution in [0.3, 0.4) is 0 Å². The van der Waals surface area contributed by atoms with Crippen molar-refractivity contribution in [1.82, 2.24) is 10.2 Å². The van der Waals surface area contributed by atoms with Crippen LogP contribution in [0.4, 0.5) is 4.79 Å². The van der Waals surface area contributed by atoms with E-state index in [0.717, 1.165) is 31.5 Å². The minimum absolute atomic E-state index is 0. The molecule has 0 aliphatic carbocycles. The number of amides is 1. The van der Waals surface area contributed by atoms with Crippen LogP contribution < -0.4 is 5.32 Å². The minimum Gasteiger partial charge on any atom is -0.343 e. The van der Waals surface area contributed by atoms with Crippen LogP contribution in [0.2, 0.25) is 0 Å². The Labute approximate surface area is 125 Å². The number of carbonyl (C=O) groups is 1. The zero-order chi connectivity index (χ0) is 12.8. The average Bonchev–Trinajstić information content (AvgIpc) is 2.89. The maximum Gasteiger partial charge on any atom is 0.282 e. The molecule has 0 unspecified atom stereocenters. The Bertz CT molecular complexity index is 433. The number of guanidine groups is 1. The molecule has 1 aliphatic rings. The Morgan fingerprint density at radius 2 is 1.89 bits per heavy atom. The van der Waals surface area contributed by atoms with Gasteiger partial charge in [-0.25, -0.2) is 4.99 Å². The molecule has 1 aromatic carbocycles. The fourth-order valence-electron chi connectivity index (χ4n) is 1.99. The van der Waals surface area contributed by atoms with Gasteiger partial charge < -0.3 is 4.90 Å². The summed E-state index contributed by atoms with van der Waals surface area (Å²) in [7, 11) is 0. The van der Waals surface area contributed by atoms with Gasteiger partial charge in [0.1, 0.15) is 0 Å². The van der Waals surface area contributed by atoms with Gasteiger partial charge in [-0.05, 0) is 18.4 Å². The highest BCUT2D eigenvalue weighted by molar-refractivity contribution is 7.96.